The van der Waals surface area contributed by atoms with Crippen molar-refractivity contribution >= 4 is 0 Å². The van der Waals surface area contributed by atoms with E-state index in [0.717, 1.165) is 0 Å². The maximum absolute atomic E-state index is 3.25. The van der Waals surface area contributed by atoms with Crippen molar-refractivity contribution in [2.45, 2.75) is 20.8 Å². The summed E-state index contributed by atoms with van der Waals surface area (Å²) in [5.74, 6) is 0. The molecule has 0 atom stereocenters. The maximum atomic E-state index is 3.25. The summed E-state index contributed by atoms with van der Waals surface area (Å²) in [4.78, 5) is 0. The van der Waals surface area contributed by atoms with Crippen molar-refractivity contribution in [3.63, 3.8) is 0 Å². The van der Waals surface area contributed by atoms with Crippen LogP contribution in [0.5, 0.6) is 0 Å². The first-order chi connectivity index (χ1) is 3.00. The molecule has 0 amide bonds. The van der Waals surface area contributed by atoms with Gasteiger partial charge in [0.25, 0.3) is 0 Å². The normalized spacial score (nSPS) is 2.25. The van der Waals surface area contributed by atoms with Crippen LogP contribution in [0, 0.1) is 20.8 Å². The molecule has 0 fully saturated rings. The number of rotatable bonds is 0. The summed E-state index contributed by atoms with van der Waals surface area (Å²) in [7, 11) is 0. The fourth-order valence-electron chi connectivity index (χ4n) is 0. The smallest absolute Gasteiger partial charge is 0.412 e. The Morgan fingerprint density at radius 2 is 0.625 bits per heavy atom. The quantitative estimate of drug-likeness (QED) is 0.374. The standard InChI is InChI=1S/3C2H5.H2O.Ti/c3*1-2;;/h3*1H2,2H3;1H2;/q3*-1;;+3. The van der Waals surface area contributed by atoms with Crippen LogP contribution in [0.25, 0.3) is 0 Å². The van der Waals surface area contributed by atoms with Crippen molar-refractivity contribution in [2.24, 2.45) is 0 Å². The van der Waals surface area contributed by atoms with E-state index in [0.29, 0.717) is 0 Å². The first kappa shape index (κ1) is 37.8. The van der Waals surface area contributed by atoms with Crippen LogP contribution in [0.15, 0.2) is 0 Å². The van der Waals surface area contributed by atoms with Gasteiger partial charge in [0.15, 0.2) is 0 Å². The van der Waals surface area contributed by atoms with Gasteiger partial charge in [-0.15, -0.1) is 0 Å². The van der Waals surface area contributed by atoms with Crippen molar-refractivity contribution in [2.75, 3.05) is 0 Å². The molecule has 2 N–H and O–H groups in total. The summed E-state index contributed by atoms with van der Waals surface area (Å²) in [6, 6.07) is 0. The Kier molecular flexibility index (Phi) is 3560. The molecular weight excluding hydrogens is 136 g/mol. The van der Waals surface area contributed by atoms with E-state index in [1.165, 1.54) is 0 Å². The molecule has 0 saturated heterocycles. The molecule has 0 heterocycles. The predicted octanol–water partition coefficient (Wildman–Crippen LogP) is 1.69. The molecule has 0 unspecified atom stereocenters. The summed E-state index contributed by atoms with van der Waals surface area (Å²) < 4.78 is 0. The van der Waals surface area contributed by atoms with Crippen LogP contribution in [-0.2, 0) is 21.7 Å². The molecule has 2 heteroatoms. The van der Waals surface area contributed by atoms with Gasteiger partial charge in [-0.1, -0.05) is 0 Å². The predicted molar refractivity (Wildman–Crippen MR) is 36.7 cm³/mol. The Bertz CT molecular complexity index is 8.49. The average molecular weight is 153 g/mol. The van der Waals surface area contributed by atoms with Gasteiger partial charge < -0.3 is 26.2 Å². The van der Waals surface area contributed by atoms with Crippen LogP contribution >= 0.6 is 0 Å². The average Bonchev–Trinajstić information content (AvgIpc) is 1.81. The van der Waals surface area contributed by atoms with Gasteiger partial charge >= 0.3 is 21.7 Å². The van der Waals surface area contributed by atoms with E-state index in [9.17, 15) is 0 Å². The van der Waals surface area contributed by atoms with Crippen LogP contribution in [0.2, 0.25) is 0 Å². The van der Waals surface area contributed by atoms with Gasteiger partial charge in [0.05, 0.1) is 0 Å². The minimum absolute atomic E-state index is 0. The molecule has 51 valence electrons. The van der Waals surface area contributed by atoms with Crippen molar-refractivity contribution in [3.8, 4) is 0 Å². The topological polar surface area (TPSA) is 31.5 Å². The van der Waals surface area contributed by atoms with E-state index in [1.54, 1.807) is 20.8 Å². The second-order valence-corrected chi connectivity index (χ2v) is 0. The first-order valence-corrected chi connectivity index (χ1v) is 2.12. The van der Waals surface area contributed by atoms with Crippen LogP contribution in [0.4, 0.5) is 0 Å². The van der Waals surface area contributed by atoms with Gasteiger partial charge in [-0.05, 0) is 0 Å². The van der Waals surface area contributed by atoms with E-state index in [-0.39, 0.29) is 27.2 Å². The molecule has 0 saturated carbocycles. The molecule has 0 aromatic rings. The largest absolute Gasteiger partial charge is 3.00 e. The Labute approximate surface area is 69.1 Å². The first-order valence-electron chi connectivity index (χ1n) is 2.12. The third-order valence-corrected chi connectivity index (χ3v) is 0. The molecule has 0 aliphatic rings. The molecule has 0 aromatic carbocycles. The van der Waals surface area contributed by atoms with E-state index < -0.39 is 0 Å². The van der Waals surface area contributed by atoms with Crippen LogP contribution in [0.1, 0.15) is 20.8 Å². The SMILES string of the molecule is O.[CH2-]C.[CH2-]C.[CH2-]C.[Ti+3]. The molecule has 0 aromatic heterocycles. The molecule has 1 radical (unpaired) electrons. The number of hydrogen-bond acceptors (Lipinski definition) is 0. The van der Waals surface area contributed by atoms with Gasteiger partial charge in [-0.3, -0.25) is 0 Å². The maximum Gasteiger partial charge on any atom is 3.00 e. The van der Waals surface area contributed by atoms with Gasteiger partial charge in [0.2, 0.25) is 0 Å². The molecule has 0 rings (SSSR count). The van der Waals surface area contributed by atoms with E-state index in [4.69, 9.17) is 0 Å². The summed E-state index contributed by atoms with van der Waals surface area (Å²) in [6.07, 6.45) is 0. The summed E-state index contributed by atoms with van der Waals surface area (Å²) >= 11 is 0. The van der Waals surface area contributed by atoms with E-state index >= 15 is 0 Å². The van der Waals surface area contributed by atoms with Crippen LogP contribution in [-0.4, -0.2) is 5.48 Å². The summed E-state index contributed by atoms with van der Waals surface area (Å²) in [5, 5.41) is 0. The Morgan fingerprint density at radius 1 is 0.625 bits per heavy atom. The van der Waals surface area contributed by atoms with E-state index in [1.807, 2.05) is 0 Å². The fraction of sp³-hybridized carbons (Fsp3) is 0.500. The second-order valence-electron chi connectivity index (χ2n) is 0. The van der Waals surface area contributed by atoms with Crippen LogP contribution < -0.4 is 0 Å². The molecule has 0 aliphatic heterocycles. The molecule has 1 nitrogen and oxygen atoms in total. The second kappa shape index (κ2) is 752. The minimum atomic E-state index is 0. The number of hydrogen-bond donors (Lipinski definition) is 0. The van der Waals surface area contributed by atoms with Crippen LogP contribution in [0.3, 0.4) is 0 Å². The van der Waals surface area contributed by atoms with Gasteiger partial charge in [-0.2, -0.15) is 20.8 Å². The molecule has 0 spiro atoms. The molecule has 0 bridgehead atoms. The van der Waals surface area contributed by atoms with Gasteiger partial charge in [0, 0.05) is 0 Å². The third kappa shape index (κ3) is 473. The van der Waals surface area contributed by atoms with Crippen molar-refractivity contribution in [1.82, 2.24) is 0 Å². The van der Waals surface area contributed by atoms with Gasteiger partial charge in [0.1, 0.15) is 0 Å². The van der Waals surface area contributed by atoms with Crippen molar-refractivity contribution in [1.29, 1.82) is 0 Å². The monoisotopic (exact) mass is 153 g/mol. The van der Waals surface area contributed by atoms with Gasteiger partial charge in [-0.25, -0.2) is 0 Å². The Morgan fingerprint density at radius 3 is 0.625 bits per heavy atom. The zero-order valence-electron chi connectivity index (χ0n) is 6.12. The molecule has 0 aliphatic carbocycles. The van der Waals surface area contributed by atoms with Crippen molar-refractivity contribution in [3.05, 3.63) is 20.8 Å². The van der Waals surface area contributed by atoms with E-state index in [2.05, 4.69) is 20.8 Å². The third-order valence-electron chi connectivity index (χ3n) is 0. The Balaban J connectivity index is -0.00000000500. The zero-order chi connectivity index (χ0) is 6.00. The zero-order valence-corrected chi connectivity index (χ0v) is 7.68. The summed E-state index contributed by atoms with van der Waals surface area (Å²) in [5.41, 5.74) is 0. The van der Waals surface area contributed by atoms with Crippen molar-refractivity contribution < 1.29 is 27.2 Å². The molecule has 8 heavy (non-hydrogen) atoms. The fourth-order valence-corrected chi connectivity index (χ4v) is 0. The Hall–Kier alpha value is 0.674. The molecular formula is C6H17OTi. The minimum Gasteiger partial charge on any atom is -0.412 e. The summed E-state index contributed by atoms with van der Waals surface area (Å²) in [6.45, 7) is 15.0.